The SMILES string of the molecule is O=C1C=c2c(ccc3c2=CC=C3)C2CC=CC=C12. The molecule has 0 N–H and O–H groups in total. The van der Waals surface area contributed by atoms with E-state index in [9.17, 15) is 4.79 Å². The second-order valence-corrected chi connectivity index (χ2v) is 4.94. The molecule has 3 aliphatic carbocycles. The molecule has 0 bridgehead atoms. The average molecular weight is 232 g/mol. The van der Waals surface area contributed by atoms with Gasteiger partial charge in [-0.3, -0.25) is 4.79 Å². The lowest BCUT2D eigenvalue weighted by Gasteiger charge is -2.24. The Balaban J connectivity index is 2.09. The predicted octanol–water partition coefficient (Wildman–Crippen LogP) is 1.83. The monoisotopic (exact) mass is 232 g/mol. The first-order valence-electron chi connectivity index (χ1n) is 6.29. The van der Waals surface area contributed by atoms with E-state index in [1.165, 1.54) is 16.3 Å². The van der Waals surface area contributed by atoms with Crippen LogP contribution in [0.5, 0.6) is 0 Å². The van der Waals surface area contributed by atoms with E-state index in [1.54, 1.807) is 6.08 Å². The second-order valence-electron chi connectivity index (χ2n) is 4.94. The third-order valence-corrected chi connectivity index (χ3v) is 3.99. The first-order chi connectivity index (χ1) is 8.84. The molecule has 1 heteroatoms. The number of hydrogen-bond donors (Lipinski definition) is 0. The summed E-state index contributed by atoms with van der Waals surface area (Å²) in [4.78, 5) is 12.2. The van der Waals surface area contributed by atoms with Gasteiger partial charge < -0.3 is 0 Å². The molecule has 0 spiro atoms. The number of ketones is 1. The van der Waals surface area contributed by atoms with Gasteiger partial charge in [-0.05, 0) is 34.1 Å². The first-order valence-corrected chi connectivity index (χ1v) is 6.29. The van der Waals surface area contributed by atoms with Crippen LogP contribution in [0.3, 0.4) is 0 Å². The highest BCUT2D eigenvalue weighted by atomic mass is 16.1. The molecule has 86 valence electrons. The van der Waals surface area contributed by atoms with E-state index in [2.05, 4.69) is 36.4 Å². The average Bonchev–Trinajstić information content (AvgIpc) is 2.88. The van der Waals surface area contributed by atoms with E-state index in [0.29, 0.717) is 0 Å². The van der Waals surface area contributed by atoms with Crippen LogP contribution in [0.4, 0.5) is 0 Å². The Bertz CT molecular complexity index is 773. The number of carbonyl (C=O) groups is 1. The molecule has 3 aliphatic rings. The Morgan fingerprint density at radius 1 is 1.06 bits per heavy atom. The van der Waals surface area contributed by atoms with E-state index in [1.807, 2.05) is 12.2 Å². The normalized spacial score (nSPS) is 22.6. The molecule has 18 heavy (non-hydrogen) atoms. The van der Waals surface area contributed by atoms with Crippen LogP contribution in [0.15, 0.2) is 42.0 Å². The van der Waals surface area contributed by atoms with Crippen molar-refractivity contribution in [1.29, 1.82) is 0 Å². The Kier molecular flexibility index (Phi) is 1.87. The van der Waals surface area contributed by atoms with Crippen molar-refractivity contribution >= 4 is 24.0 Å². The zero-order chi connectivity index (χ0) is 12.1. The van der Waals surface area contributed by atoms with Crippen molar-refractivity contribution < 1.29 is 4.79 Å². The summed E-state index contributed by atoms with van der Waals surface area (Å²) >= 11 is 0. The van der Waals surface area contributed by atoms with E-state index >= 15 is 0 Å². The van der Waals surface area contributed by atoms with Gasteiger partial charge in [0, 0.05) is 11.5 Å². The molecule has 1 nitrogen and oxygen atoms in total. The van der Waals surface area contributed by atoms with Gasteiger partial charge in [0.2, 0.25) is 0 Å². The van der Waals surface area contributed by atoms with Crippen molar-refractivity contribution in [2.24, 2.45) is 0 Å². The Morgan fingerprint density at radius 3 is 2.94 bits per heavy atom. The molecule has 0 radical (unpaired) electrons. The second kappa shape index (κ2) is 3.42. The van der Waals surface area contributed by atoms with Crippen LogP contribution in [0.25, 0.3) is 18.2 Å². The fraction of sp³-hybridized carbons (Fsp3) is 0.118. The zero-order valence-corrected chi connectivity index (χ0v) is 9.89. The summed E-state index contributed by atoms with van der Waals surface area (Å²) in [5.74, 6) is 0.423. The third kappa shape index (κ3) is 1.19. The zero-order valence-electron chi connectivity index (χ0n) is 9.89. The fourth-order valence-electron chi connectivity index (χ4n) is 3.11. The number of fused-ring (bicyclic) bond motifs is 5. The van der Waals surface area contributed by atoms with E-state index in [-0.39, 0.29) is 11.7 Å². The van der Waals surface area contributed by atoms with E-state index in [0.717, 1.165) is 17.2 Å². The van der Waals surface area contributed by atoms with Crippen LogP contribution in [-0.2, 0) is 4.79 Å². The van der Waals surface area contributed by atoms with Gasteiger partial charge in [-0.15, -0.1) is 0 Å². The van der Waals surface area contributed by atoms with Crippen LogP contribution in [0.1, 0.15) is 23.5 Å². The molecular formula is C17H12O. The van der Waals surface area contributed by atoms with Gasteiger partial charge in [-0.1, -0.05) is 48.6 Å². The van der Waals surface area contributed by atoms with Gasteiger partial charge in [-0.25, -0.2) is 0 Å². The van der Waals surface area contributed by atoms with Crippen molar-refractivity contribution in [1.82, 2.24) is 0 Å². The lowest BCUT2D eigenvalue weighted by Crippen LogP contribution is -2.36. The highest BCUT2D eigenvalue weighted by molar-refractivity contribution is 6.19. The fourth-order valence-corrected chi connectivity index (χ4v) is 3.11. The van der Waals surface area contributed by atoms with Crippen molar-refractivity contribution in [2.45, 2.75) is 12.3 Å². The van der Waals surface area contributed by atoms with Gasteiger partial charge >= 0.3 is 0 Å². The van der Waals surface area contributed by atoms with Crippen LogP contribution in [0, 0.1) is 0 Å². The molecule has 0 fully saturated rings. The minimum atomic E-state index is 0.172. The Labute approximate surface area is 105 Å². The summed E-state index contributed by atoms with van der Waals surface area (Å²) < 4.78 is 0. The Hall–Kier alpha value is -2.15. The molecule has 0 saturated heterocycles. The molecule has 1 unspecified atom stereocenters. The number of benzene rings is 1. The lowest BCUT2D eigenvalue weighted by molar-refractivity contribution is -0.110. The van der Waals surface area contributed by atoms with Crippen LogP contribution < -0.4 is 10.4 Å². The summed E-state index contributed by atoms with van der Waals surface area (Å²) in [5, 5.41) is 2.33. The lowest BCUT2D eigenvalue weighted by atomic mass is 9.78. The maximum atomic E-state index is 12.2. The van der Waals surface area contributed by atoms with Gasteiger partial charge in [0.1, 0.15) is 0 Å². The van der Waals surface area contributed by atoms with Crippen molar-refractivity contribution in [3.05, 3.63) is 63.6 Å². The summed E-state index contributed by atoms with van der Waals surface area (Å²) in [6, 6.07) is 4.34. The van der Waals surface area contributed by atoms with Crippen LogP contribution >= 0.6 is 0 Å². The summed E-state index contributed by atoms with van der Waals surface area (Å²) in [5.41, 5.74) is 3.45. The first kappa shape index (κ1) is 9.84. The van der Waals surface area contributed by atoms with Crippen molar-refractivity contribution in [3.63, 3.8) is 0 Å². The molecule has 0 saturated carbocycles. The standard InChI is InChI=1S/C17H12O/c18-17-10-16-12-7-3-4-11(12)8-9-14(16)13-5-1-2-6-15(13)17/h1-4,6-10,13H,5H2. The number of hydrogen-bond acceptors (Lipinski definition) is 1. The van der Waals surface area contributed by atoms with Gasteiger partial charge in [0.25, 0.3) is 0 Å². The maximum absolute atomic E-state index is 12.2. The molecule has 0 heterocycles. The van der Waals surface area contributed by atoms with Crippen LogP contribution in [0.2, 0.25) is 0 Å². The van der Waals surface area contributed by atoms with E-state index in [4.69, 9.17) is 0 Å². The molecule has 1 aromatic rings. The molecule has 1 atom stereocenters. The third-order valence-electron chi connectivity index (χ3n) is 3.99. The number of rotatable bonds is 0. The highest BCUT2D eigenvalue weighted by Gasteiger charge is 2.27. The van der Waals surface area contributed by atoms with Crippen molar-refractivity contribution in [3.8, 4) is 0 Å². The van der Waals surface area contributed by atoms with Crippen molar-refractivity contribution in [2.75, 3.05) is 0 Å². The summed E-state index contributed by atoms with van der Waals surface area (Å²) in [6.45, 7) is 0. The largest absolute Gasteiger partial charge is 0.290 e. The topological polar surface area (TPSA) is 17.1 Å². The minimum Gasteiger partial charge on any atom is -0.290 e. The summed E-state index contributed by atoms with van der Waals surface area (Å²) in [7, 11) is 0. The molecule has 0 amide bonds. The number of Topliss-reactive ketones (excluding diaryl/α,β-unsaturated/α-hetero) is 1. The number of carbonyl (C=O) groups excluding carboxylic acids is 1. The molecular weight excluding hydrogens is 220 g/mol. The summed E-state index contributed by atoms with van der Waals surface area (Å²) in [6.07, 6.45) is 15.1. The quantitative estimate of drug-likeness (QED) is 0.667. The molecule has 0 aromatic heterocycles. The van der Waals surface area contributed by atoms with E-state index < -0.39 is 0 Å². The van der Waals surface area contributed by atoms with Gasteiger partial charge in [0.15, 0.2) is 5.78 Å². The molecule has 4 rings (SSSR count). The minimum absolute atomic E-state index is 0.172. The van der Waals surface area contributed by atoms with Crippen LogP contribution in [-0.4, -0.2) is 5.78 Å². The van der Waals surface area contributed by atoms with Gasteiger partial charge in [-0.2, -0.15) is 0 Å². The Morgan fingerprint density at radius 2 is 2.00 bits per heavy atom. The maximum Gasteiger partial charge on any atom is 0.183 e. The predicted molar refractivity (Wildman–Crippen MR) is 73.2 cm³/mol. The molecule has 0 aliphatic heterocycles. The smallest absolute Gasteiger partial charge is 0.183 e. The number of allylic oxidation sites excluding steroid dienone is 5. The highest BCUT2D eigenvalue weighted by Crippen LogP contribution is 2.32. The molecule has 1 aromatic carbocycles. The van der Waals surface area contributed by atoms with Gasteiger partial charge in [0.05, 0.1) is 0 Å².